The largest absolute Gasteiger partial charge is 0.352 e. The quantitative estimate of drug-likeness (QED) is 0.771. The van der Waals surface area contributed by atoms with Crippen LogP contribution in [0.2, 0.25) is 0 Å². The van der Waals surface area contributed by atoms with Gasteiger partial charge >= 0.3 is 0 Å². The van der Waals surface area contributed by atoms with Crippen LogP contribution >= 0.6 is 11.3 Å². The summed E-state index contributed by atoms with van der Waals surface area (Å²) in [6.45, 7) is 3.98. The van der Waals surface area contributed by atoms with Crippen molar-refractivity contribution in [3.05, 3.63) is 23.2 Å². The van der Waals surface area contributed by atoms with E-state index in [-0.39, 0.29) is 0 Å². The minimum Gasteiger partial charge on any atom is -0.352 e. The molecule has 0 saturated heterocycles. The zero-order valence-corrected chi connectivity index (χ0v) is 9.27. The minimum atomic E-state index is 0.905. The Kier molecular flexibility index (Phi) is 1.92. The average molecular weight is 220 g/mol. The molecular weight excluding hydrogens is 208 g/mol. The van der Waals surface area contributed by atoms with Crippen molar-refractivity contribution in [2.75, 3.05) is 23.8 Å². The summed E-state index contributed by atoms with van der Waals surface area (Å²) in [5, 5.41) is 3.25. The molecule has 0 atom stereocenters. The van der Waals surface area contributed by atoms with E-state index in [0.29, 0.717) is 0 Å². The van der Waals surface area contributed by atoms with E-state index in [1.54, 1.807) is 11.3 Å². The van der Waals surface area contributed by atoms with Gasteiger partial charge in [-0.25, -0.2) is 9.66 Å². The van der Waals surface area contributed by atoms with Crippen molar-refractivity contribution in [3.63, 3.8) is 0 Å². The molecule has 3 rings (SSSR count). The first-order chi connectivity index (χ1) is 7.33. The van der Waals surface area contributed by atoms with Crippen molar-refractivity contribution in [2.24, 2.45) is 0 Å². The molecule has 0 saturated carbocycles. The second-order valence-corrected chi connectivity index (χ2v) is 4.85. The Morgan fingerprint density at radius 1 is 1.40 bits per heavy atom. The second-order valence-electron chi connectivity index (χ2n) is 3.56. The van der Waals surface area contributed by atoms with Crippen molar-refractivity contribution in [2.45, 2.75) is 6.92 Å². The molecule has 15 heavy (non-hydrogen) atoms. The highest BCUT2D eigenvalue weighted by molar-refractivity contribution is 7.15. The zero-order chi connectivity index (χ0) is 10.3. The fourth-order valence-electron chi connectivity index (χ4n) is 1.67. The Morgan fingerprint density at radius 2 is 2.33 bits per heavy atom. The van der Waals surface area contributed by atoms with Gasteiger partial charge in [-0.2, -0.15) is 0 Å². The molecule has 1 aliphatic rings. The lowest BCUT2D eigenvalue weighted by Gasteiger charge is -2.16. The summed E-state index contributed by atoms with van der Waals surface area (Å²) in [6, 6.07) is 4.24. The molecule has 5 heteroatoms. The number of hydrogen-bond acceptors (Lipinski definition) is 4. The van der Waals surface area contributed by atoms with Crippen LogP contribution in [0.3, 0.4) is 0 Å². The first-order valence-electron chi connectivity index (χ1n) is 4.97. The molecule has 2 aromatic heterocycles. The first kappa shape index (κ1) is 8.79. The molecule has 0 spiro atoms. The fraction of sp³-hybridized carbons (Fsp3) is 0.300. The van der Waals surface area contributed by atoms with Crippen LogP contribution in [0.15, 0.2) is 18.3 Å². The van der Waals surface area contributed by atoms with Crippen molar-refractivity contribution in [1.82, 2.24) is 9.66 Å². The van der Waals surface area contributed by atoms with Crippen molar-refractivity contribution < 1.29 is 0 Å². The number of imidazole rings is 1. The zero-order valence-electron chi connectivity index (χ0n) is 8.45. The molecule has 0 bridgehead atoms. The van der Waals surface area contributed by atoms with Gasteiger partial charge in [0.25, 0.3) is 0 Å². The number of nitrogens with zero attached hydrogens (tertiary/aromatic N) is 2. The highest BCUT2D eigenvalue weighted by Crippen LogP contribution is 2.27. The normalized spacial score (nSPS) is 14.2. The van der Waals surface area contributed by atoms with Crippen LogP contribution in [0, 0.1) is 6.92 Å². The number of rotatable bonds is 1. The van der Waals surface area contributed by atoms with Crippen LogP contribution in [-0.2, 0) is 0 Å². The summed E-state index contributed by atoms with van der Waals surface area (Å²) < 4.78 is 1.95. The SMILES string of the molecule is Cc1ccc(-c2cn3c(n2)NCCN3)s1. The topological polar surface area (TPSA) is 41.9 Å². The molecule has 2 N–H and O–H groups in total. The van der Waals surface area contributed by atoms with Gasteiger partial charge in [0, 0.05) is 18.0 Å². The van der Waals surface area contributed by atoms with E-state index in [1.165, 1.54) is 9.75 Å². The van der Waals surface area contributed by atoms with Crippen LogP contribution < -0.4 is 10.7 Å². The highest BCUT2D eigenvalue weighted by Gasteiger charge is 2.12. The molecule has 0 unspecified atom stereocenters. The molecule has 1 aliphatic heterocycles. The van der Waals surface area contributed by atoms with E-state index in [2.05, 4.69) is 34.8 Å². The van der Waals surface area contributed by atoms with Crippen LogP contribution in [0.5, 0.6) is 0 Å². The van der Waals surface area contributed by atoms with Gasteiger partial charge in [0.2, 0.25) is 5.95 Å². The predicted octanol–water partition coefficient (Wildman–Crippen LogP) is 1.89. The molecule has 0 fully saturated rings. The van der Waals surface area contributed by atoms with Crippen molar-refractivity contribution in [3.8, 4) is 10.6 Å². The standard InChI is InChI=1S/C10H12N4S/c1-7-2-3-9(15-7)8-6-14-10(13-8)11-4-5-12-14/h2-3,6,12H,4-5H2,1H3,(H,11,13). The monoisotopic (exact) mass is 220 g/mol. The molecule has 0 amide bonds. The van der Waals surface area contributed by atoms with E-state index >= 15 is 0 Å². The number of anilines is 1. The minimum absolute atomic E-state index is 0.905. The maximum atomic E-state index is 4.53. The summed E-state index contributed by atoms with van der Waals surface area (Å²) in [5.74, 6) is 0.905. The summed E-state index contributed by atoms with van der Waals surface area (Å²) in [6.07, 6.45) is 2.03. The third-order valence-electron chi connectivity index (χ3n) is 2.39. The van der Waals surface area contributed by atoms with E-state index in [1.807, 2.05) is 10.9 Å². The summed E-state index contributed by atoms with van der Waals surface area (Å²) in [5.41, 5.74) is 4.29. The van der Waals surface area contributed by atoms with E-state index in [0.717, 1.165) is 24.7 Å². The third-order valence-corrected chi connectivity index (χ3v) is 3.41. The maximum Gasteiger partial charge on any atom is 0.222 e. The van der Waals surface area contributed by atoms with Crippen LogP contribution in [-0.4, -0.2) is 22.7 Å². The first-order valence-corrected chi connectivity index (χ1v) is 5.78. The number of hydrogen-bond donors (Lipinski definition) is 2. The van der Waals surface area contributed by atoms with Gasteiger partial charge in [0.1, 0.15) is 5.69 Å². The molecule has 4 nitrogen and oxygen atoms in total. The van der Waals surface area contributed by atoms with E-state index in [9.17, 15) is 0 Å². The third kappa shape index (κ3) is 1.48. The maximum absolute atomic E-state index is 4.53. The highest BCUT2D eigenvalue weighted by atomic mass is 32.1. The number of aryl methyl sites for hydroxylation is 1. The van der Waals surface area contributed by atoms with Gasteiger partial charge in [-0.15, -0.1) is 11.3 Å². The lowest BCUT2D eigenvalue weighted by molar-refractivity contribution is 0.793. The number of fused-ring (bicyclic) bond motifs is 1. The van der Waals surface area contributed by atoms with Gasteiger partial charge in [0.05, 0.1) is 11.1 Å². The lowest BCUT2D eigenvalue weighted by atomic mass is 10.4. The van der Waals surface area contributed by atoms with Crippen LogP contribution in [0.4, 0.5) is 5.95 Å². The molecule has 78 valence electrons. The molecule has 0 aromatic carbocycles. The Labute approximate surface area is 91.9 Å². The Bertz CT molecular complexity index is 462. The molecule has 2 aromatic rings. The summed E-state index contributed by atoms with van der Waals surface area (Å²) in [7, 11) is 0. The summed E-state index contributed by atoms with van der Waals surface area (Å²) in [4.78, 5) is 7.07. The number of thiophene rings is 1. The van der Waals surface area contributed by atoms with Crippen LogP contribution in [0.1, 0.15) is 4.88 Å². The van der Waals surface area contributed by atoms with Crippen molar-refractivity contribution in [1.29, 1.82) is 0 Å². The fourth-order valence-corrected chi connectivity index (χ4v) is 2.49. The second kappa shape index (κ2) is 3.27. The molecule has 0 radical (unpaired) electrons. The molecule has 3 heterocycles. The Hall–Kier alpha value is -1.49. The van der Waals surface area contributed by atoms with Gasteiger partial charge in [0.15, 0.2) is 0 Å². The van der Waals surface area contributed by atoms with Crippen LogP contribution in [0.25, 0.3) is 10.6 Å². The van der Waals surface area contributed by atoms with E-state index in [4.69, 9.17) is 0 Å². The smallest absolute Gasteiger partial charge is 0.222 e. The Morgan fingerprint density at radius 3 is 3.07 bits per heavy atom. The van der Waals surface area contributed by atoms with Gasteiger partial charge in [-0.3, -0.25) is 0 Å². The number of nitrogens with one attached hydrogen (secondary N) is 2. The predicted molar refractivity (Wildman–Crippen MR) is 63.0 cm³/mol. The summed E-state index contributed by atoms with van der Waals surface area (Å²) >= 11 is 1.77. The van der Waals surface area contributed by atoms with E-state index < -0.39 is 0 Å². The van der Waals surface area contributed by atoms with Crippen molar-refractivity contribution >= 4 is 17.3 Å². The molecular formula is C10H12N4S. The van der Waals surface area contributed by atoms with Gasteiger partial charge < -0.3 is 10.7 Å². The molecule has 0 aliphatic carbocycles. The lowest BCUT2D eigenvalue weighted by Crippen LogP contribution is -2.29. The number of aromatic nitrogens is 2. The average Bonchev–Trinajstić information content (AvgIpc) is 2.82. The van der Waals surface area contributed by atoms with Gasteiger partial charge in [-0.05, 0) is 19.1 Å². The van der Waals surface area contributed by atoms with Gasteiger partial charge in [-0.1, -0.05) is 0 Å². The Balaban J connectivity index is 2.02.